The first kappa shape index (κ1) is 21.2. The van der Waals surface area contributed by atoms with E-state index in [1.165, 1.54) is 5.56 Å². The van der Waals surface area contributed by atoms with Gasteiger partial charge in [-0.05, 0) is 31.2 Å². The van der Waals surface area contributed by atoms with Crippen LogP contribution in [0, 0.1) is 5.92 Å². The van der Waals surface area contributed by atoms with E-state index < -0.39 is 0 Å². The predicted molar refractivity (Wildman–Crippen MR) is 130 cm³/mol. The molecular formula is C24H30N8O. The summed E-state index contributed by atoms with van der Waals surface area (Å²) in [6.45, 7) is 7.59. The number of benzene rings is 1. The molecular weight excluding hydrogens is 416 g/mol. The third-order valence-electron chi connectivity index (χ3n) is 6.67. The average Bonchev–Trinajstić information content (AvgIpc) is 3.45. The molecule has 9 heteroatoms. The molecule has 3 aromatic heterocycles. The number of piperidine rings is 1. The number of aryl methyl sites for hydroxylation is 1. The van der Waals surface area contributed by atoms with E-state index in [1.54, 1.807) is 6.20 Å². The minimum absolute atomic E-state index is 0.0880. The second kappa shape index (κ2) is 9.09. The Kier molecular flexibility index (Phi) is 5.85. The van der Waals surface area contributed by atoms with Crippen LogP contribution in [-0.4, -0.2) is 49.4 Å². The first-order chi connectivity index (χ1) is 16.1. The van der Waals surface area contributed by atoms with Gasteiger partial charge < -0.3 is 19.9 Å². The van der Waals surface area contributed by atoms with Crippen molar-refractivity contribution in [3.63, 3.8) is 0 Å². The summed E-state index contributed by atoms with van der Waals surface area (Å²) in [6.07, 6.45) is 5.20. The van der Waals surface area contributed by atoms with E-state index in [0.29, 0.717) is 36.2 Å². The normalized spacial score (nSPS) is 18.7. The Balaban J connectivity index is 1.43. The maximum absolute atomic E-state index is 11.8. The van der Waals surface area contributed by atoms with Gasteiger partial charge in [-0.3, -0.25) is 9.89 Å². The van der Waals surface area contributed by atoms with E-state index in [0.717, 1.165) is 43.2 Å². The van der Waals surface area contributed by atoms with E-state index in [2.05, 4.69) is 69.6 Å². The number of imidazole rings is 1. The lowest BCUT2D eigenvalue weighted by molar-refractivity contribution is 0.377. The molecule has 1 fully saturated rings. The Labute approximate surface area is 192 Å². The SMILES string of the molecule is CCn1cnc2c(NCCc3c[nH][nH]c3=O)nc(N3CCC(C)C(c4ccccc4)C3)nc21. The van der Waals surface area contributed by atoms with E-state index in [4.69, 9.17) is 9.97 Å². The van der Waals surface area contributed by atoms with E-state index in [9.17, 15) is 4.79 Å². The second-order valence-corrected chi connectivity index (χ2v) is 8.75. The highest BCUT2D eigenvalue weighted by molar-refractivity contribution is 5.84. The van der Waals surface area contributed by atoms with Crippen LogP contribution in [-0.2, 0) is 13.0 Å². The third-order valence-corrected chi connectivity index (χ3v) is 6.67. The van der Waals surface area contributed by atoms with Crippen LogP contribution in [0.4, 0.5) is 11.8 Å². The molecule has 9 nitrogen and oxygen atoms in total. The molecule has 3 N–H and O–H groups in total. The number of hydrogen-bond acceptors (Lipinski definition) is 6. The van der Waals surface area contributed by atoms with Gasteiger partial charge in [-0.2, -0.15) is 9.97 Å². The minimum Gasteiger partial charge on any atom is -0.368 e. The highest BCUT2D eigenvalue weighted by Gasteiger charge is 2.29. The molecule has 1 aliphatic heterocycles. The molecule has 1 aromatic carbocycles. The summed E-state index contributed by atoms with van der Waals surface area (Å²) in [7, 11) is 0. The van der Waals surface area contributed by atoms with Crippen LogP contribution in [0.15, 0.2) is 47.7 Å². The fraction of sp³-hybridized carbons (Fsp3) is 0.417. The van der Waals surface area contributed by atoms with Crippen LogP contribution in [0.5, 0.6) is 0 Å². The fourth-order valence-electron chi connectivity index (χ4n) is 4.65. The smallest absolute Gasteiger partial charge is 0.267 e. The molecule has 0 bridgehead atoms. The molecule has 0 saturated carbocycles. The lowest BCUT2D eigenvalue weighted by atomic mass is 9.82. The summed E-state index contributed by atoms with van der Waals surface area (Å²) in [5, 5.41) is 8.72. The minimum atomic E-state index is -0.0880. The van der Waals surface area contributed by atoms with Crippen molar-refractivity contribution in [3.05, 3.63) is 64.3 Å². The third kappa shape index (κ3) is 4.22. The Morgan fingerprint density at radius 2 is 2.06 bits per heavy atom. The number of nitrogens with zero attached hydrogens (tertiary/aromatic N) is 5. The molecule has 0 aliphatic carbocycles. The van der Waals surface area contributed by atoms with E-state index >= 15 is 0 Å². The molecule has 4 aromatic rings. The zero-order chi connectivity index (χ0) is 22.8. The van der Waals surface area contributed by atoms with Gasteiger partial charge in [0.15, 0.2) is 17.0 Å². The van der Waals surface area contributed by atoms with Crippen LogP contribution in [0.25, 0.3) is 11.2 Å². The molecule has 2 unspecified atom stereocenters. The van der Waals surface area contributed by atoms with Gasteiger partial charge in [0.25, 0.3) is 5.56 Å². The number of hydrogen-bond donors (Lipinski definition) is 3. The number of fused-ring (bicyclic) bond motifs is 1. The molecule has 172 valence electrons. The molecule has 5 rings (SSSR count). The van der Waals surface area contributed by atoms with Gasteiger partial charge >= 0.3 is 0 Å². The summed E-state index contributed by atoms with van der Waals surface area (Å²) >= 11 is 0. The Morgan fingerprint density at radius 3 is 2.82 bits per heavy atom. The zero-order valence-corrected chi connectivity index (χ0v) is 19.1. The predicted octanol–water partition coefficient (Wildman–Crippen LogP) is 3.15. The number of anilines is 2. The molecule has 1 aliphatic rings. The largest absolute Gasteiger partial charge is 0.368 e. The lowest BCUT2D eigenvalue weighted by Gasteiger charge is -2.37. The van der Waals surface area contributed by atoms with Crippen LogP contribution >= 0.6 is 0 Å². The highest BCUT2D eigenvalue weighted by Crippen LogP contribution is 2.34. The van der Waals surface area contributed by atoms with Gasteiger partial charge in [-0.15, -0.1) is 0 Å². The molecule has 33 heavy (non-hydrogen) atoms. The quantitative estimate of drug-likeness (QED) is 0.403. The van der Waals surface area contributed by atoms with Gasteiger partial charge in [0, 0.05) is 43.9 Å². The number of nitrogens with one attached hydrogen (secondary N) is 3. The van der Waals surface area contributed by atoms with Crippen molar-refractivity contribution in [1.29, 1.82) is 0 Å². The van der Waals surface area contributed by atoms with E-state index in [-0.39, 0.29) is 5.56 Å². The average molecular weight is 447 g/mol. The molecule has 0 spiro atoms. The summed E-state index contributed by atoms with van der Waals surface area (Å²) < 4.78 is 2.05. The second-order valence-electron chi connectivity index (χ2n) is 8.75. The first-order valence-electron chi connectivity index (χ1n) is 11.7. The number of aromatic amines is 2. The Morgan fingerprint density at radius 1 is 1.21 bits per heavy atom. The van der Waals surface area contributed by atoms with Crippen LogP contribution < -0.4 is 15.8 Å². The van der Waals surface area contributed by atoms with Crippen molar-refractivity contribution in [2.45, 2.75) is 39.2 Å². The van der Waals surface area contributed by atoms with Gasteiger partial charge in [-0.1, -0.05) is 37.3 Å². The molecule has 4 heterocycles. The topological polar surface area (TPSA) is 108 Å². The number of aromatic nitrogens is 6. The van der Waals surface area contributed by atoms with Crippen molar-refractivity contribution in [2.24, 2.45) is 5.92 Å². The van der Waals surface area contributed by atoms with Crippen molar-refractivity contribution in [2.75, 3.05) is 29.9 Å². The maximum atomic E-state index is 11.8. The molecule has 1 saturated heterocycles. The maximum Gasteiger partial charge on any atom is 0.267 e. The van der Waals surface area contributed by atoms with Gasteiger partial charge in [0.2, 0.25) is 5.95 Å². The molecule has 2 atom stereocenters. The van der Waals surface area contributed by atoms with Crippen LogP contribution in [0.2, 0.25) is 0 Å². The Bertz CT molecular complexity index is 1270. The van der Waals surface area contributed by atoms with Gasteiger partial charge in [0.05, 0.1) is 6.33 Å². The van der Waals surface area contributed by atoms with Crippen molar-refractivity contribution in [3.8, 4) is 0 Å². The van der Waals surface area contributed by atoms with E-state index in [1.807, 2.05) is 10.9 Å². The highest BCUT2D eigenvalue weighted by atomic mass is 16.1. The summed E-state index contributed by atoms with van der Waals surface area (Å²) in [5.41, 5.74) is 3.58. The van der Waals surface area contributed by atoms with Crippen molar-refractivity contribution < 1.29 is 0 Å². The van der Waals surface area contributed by atoms with Crippen LogP contribution in [0.3, 0.4) is 0 Å². The number of H-pyrrole nitrogens is 2. The standard InChI is InChI=1S/C24H30N8O/c1-3-31-15-26-20-21(25-11-9-18-13-27-30-23(18)33)28-24(29-22(20)31)32-12-10-16(2)19(14-32)17-7-5-4-6-8-17/h4-8,13,15-16,19H,3,9-12,14H2,1-2H3,(H,25,28,29)(H2,27,30,33). The first-order valence-corrected chi connectivity index (χ1v) is 11.7. The van der Waals surface area contributed by atoms with Crippen molar-refractivity contribution in [1.82, 2.24) is 29.7 Å². The summed E-state index contributed by atoms with van der Waals surface area (Å²) in [5.74, 6) is 2.48. The van der Waals surface area contributed by atoms with Gasteiger partial charge in [-0.25, -0.2) is 4.98 Å². The molecule has 0 radical (unpaired) electrons. The monoisotopic (exact) mass is 446 g/mol. The number of rotatable bonds is 7. The summed E-state index contributed by atoms with van der Waals surface area (Å²) in [6, 6.07) is 10.7. The fourth-order valence-corrected chi connectivity index (χ4v) is 4.65. The lowest BCUT2D eigenvalue weighted by Crippen LogP contribution is -2.39. The van der Waals surface area contributed by atoms with Crippen molar-refractivity contribution >= 4 is 22.9 Å². The van der Waals surface area contributed by atoms with Crippen LogP contribution in [0.1, 0.15) is 37.3 Å². The van der Waals surface area contributed by atoms with Gasteiger partial charge in [0.1, 0.15) is 0 Å². The molecule has 0 amide bonds. The summed E-state index contributed by atoms with van der Waals surface area (Å²) in [4.78, 5) is 28.5. The zero-order valence-electron chi connectivity index (χ0n) is 19.1. The Hall–Kier alpha value is -3.62.